The fourth-order valence-electron chi connectivity index (χ4n) is 1.70. The second-order valence-electron chi connectivity index (χ2n) is 4.06. The van der Waals surface area contributed by atoms with Crippen molar-refractivity contribution >= 4 is 27.1 Å². The van der Waals surface area contributed by atoms with Gasteiger partial charge in [0.25, 0.3) is 15.7 Å². The zero-order chi connectivity index (χ0) is 15.5. The summed E-state index contributed by atoms with van der Waals surface area (Å²) in [5, 5.41) is 19.8. The molecule has 0 unspecified atom stereocenters. The van der Waals surface area contributed by atoms with E-state index >= 15 is 0 Å². The number of nitro groups is 1. The minimum absolute atomic E-state index is 0.195. The molecule has 1 aromatic heterocycles. The smallest absolute Gasteiger partial charge is 0.270 e. The average Bonchev–Trinajstić information content (AvgIpc) is 2.91. The van der Waals surface area contributed by atoms with Crippen LogP contribution in [0, 0.1) is 10.1 Å². The Hall–Kier alpha value is -2.62. The topological polar surface area (TPSA) is 130 Å². The third-order valence-electron chi connectivity index (χ3n) is 2.58. The van der Waals surface area contributed by atoms with Crippen LogP contribution in [0.4, 0.5) is 17.1 Å². The molecule has 3 N–H and O–H groups in total. The highest BCUT2D eigenvalue weighted by atomic mass is 32.2. The molecule has 1 heterocycles. The van der Waals surface area contributed by atoms with Crippen LogP contribution in [0.15, 0.2) is 35.5 Å². The Bertz CT molecular complexity index is 742. The molecule has 0 saturated heterocycles. The number of hydrogen-bond acceptors (Lipinski definition) is 6. The third-order valence-corrected chi connectivity index (χ3v) is 4.00. The van der Waals surface area contributed by atoms with Crippen molar-refractivity contribution in [2.75, 3.05) is 16.6 Å². The van der Waals surface area contributed by atoms with Gasteiger partial charge in [-0.25, -0.2) is 8.42 Å². The number of aromatic amines is 1. The quantitative estimate of drug-likeness (QED) is 0.548. The van der Waals surface area contributed by atoms with Gasteiger partial charge in [0.05, 0.1) is 22.5 Å². The summed E-state index contributed by atoms with van der Waals surface area (Å²) in [5.41, 5.74) is 0.229. The molecule has 0 fully saturated rings. The Labute approximate surface area is 120 Å². The molecular weight excluding hydrogens is 298 g/mol. The van der Waals surface area contributed by atoms with Crippen LogP contribution < -0.4 is 10.0 Å². The van der Waals surface area contributed by atoms with E-state index in [9.17, 15) is 18.5 Å². The van der Waals surface area contributed by atoms with Gasteiger partial charge in [0, 0.05) is 24.9 Å². The van der Waals surface area contributed by atoms with E-state index in [2.05, 4.69) is 20.2 Å². The lowest BCUT2D eigenvalue weighted by atomic mass is 10.3. The van der Waals surface area contributed by atoms with E-state index in [-0.39, 0.29) is 16.3 Å². The molecule has 0 aliphatic rings. The Morgan fingerprint density at radius 2 is 2.19 bits per heavy atom. The summed E-state index contributed by atoms with van der Waals surface area (Å²) in [6.07, 6.45) is 2.66. The highest BCUT2D eigenvalue weighted by Crippen LogP contribution is 2.27. The predicted octanol–water partition coefficient (Wildman–Crippen LogP) is 1.55. The molecule has 1 aromatic carbocycles. The van der Waals surface area contributed by atoms with Crippen LogP contribution in [-0.4, -0.2) is 30.1 Å². The maximum absolute atomic E-state index is 12.4. The van der Waals surface area contributed by atoms with Crippen molar-refractivity contribution in [3.63, 3.8) is 0 Å². The van der Waals surface area contributed by atoms with Gasteiger partial charge in [0.2, 0.25) is 0 Å². The summed E-state index contributed by atoms with van der Waals surface area (Å²) in [7, 11) is -3.97. The van der Waals surface area contributed by atoms with E-state index in [1.807, 2.05) is 0 Å². The largest absolute Gasteiger partial charge is 0.384 e. The van der Waals surface area contributed by atoms with Gasteiger partial charge >= 0.3 is 0 Å². The number of aromatic nitrogens is 2. The zero-order valence-electron chi connectivity index (χ0n) is 11.0. The lowest BCUT2D eigenvalue weighted by Gasteiger charge is -2.12. The van der Waals surface area contributed by atoms with Gasteiger partial charge in [-0.05, 0) is 13.0 Å². The monoisotopic (exact) mass is 311 g/mol. The van der Waals surface area contributed by atoms with Crippen molar-refractivity contribution in [3.8, 4) is 0 Å². The van der Waals surface area contributed by atoms with Crippen molar-refractivity contribution in [2.45, 2.75) is 11.8 Å². The van der Waals surface area contributed by atoms with Crippen LogP contribution in [0.2, 0.25) is 0 Å². The maximum atomic E-state index is 12.4. The van der Waals surface area contributed by atoms with E-state index in [4.69, 9.17) is 0 Å². The van der Waals surface area contributed by atoms with Gasteiger partial charge in [-0.15, -0.1) is 0 Å². The molecule has 0 amide bonds. The number of non-ortho nitro benzene ring substituents is 1. The Morgan fingerprint density at radius 3 is 2.76 bits per heavy atom. The molecule has 21 heavy (non-hydrogen) atoms. The second kappa shape index (κ2) is 5.79. The van der Waals surface area contributed by atoms with E-state index < -0.39 is 14.9 Å². The number of nitrogens with one attached hydrogen (secondary N) is 3. The lowest BCUT2D eigenvalue weighted by Crippen LogP contribution is -2.15. The van der Waals surface area contributed by atoms with Gasteiger partial charge in [-0.1, -0.05) is 0 Å². The normalized spacial score (nSPS) is 11.1. The molecule has 0 radical (unpaired) electrons. The number of anilines is 2. The van der Waals surface area contributed by atoms with Crippen molar-refractivity contribution in [2.24, 2.45) is 0 Å². The minimum Gasteiger partial charge on any atom is -0.384 e. The second-order valence-corrected chi connectivity index (χ2v) is 5.71. The van der Waals surface area contributed by atoms with Crippen molar-refractivity contribution in [1.82, 2.24) is 10.2 Å². The predicted molar refractivity (Wildman–Crippen MR) is 76.7 cm³/mol. The Balaban J connectivity index is 2.48. The number of nitro benzene ring substituents is 1. The molecule has 0 spiro atoms. The summed E-state index contributed by atoms with van der Waals surface area (Å²) < 4.78 is 27.0. The summed E-state index contributed by atoms with van der Waals surface area (Å²) in [5.74, 6) is 0. The highest BCUT2D eigenvalue weighted by molar-refractivity contribution is 7.92. The molecule has 2 aromatic rings. The van der Waals surface area contributed by atoms with Crippen LogP contribution >= 0.6 is 0 Å². The Kier molecular flexibility index (Phi) is 4.08. The van der Waals surface area contributed by atoms with Crippen LogP contribution in [0.1, 0.15) is 6.92 Å². The molecule has 0 aliphatic carbocycles. The molecule has 10 heteroatoms. The van der Waals surface area contributed by atoms with E-state index in [1.54, 1.807) is 6.92 Å². The van der Waals surface area contributed by atoms with Crippen LogP contribution in [0.5, 0.6) is 0 Å². The van der Waals surface area contributed by atoms with Crippen molar-refractivity contribution in [1.29, 1.82) is 0 Å². The van der Waals surface area contributed by atoms with Gasteiger partial charge in [-0.2, -0.15) is 5.10 Å². The first-order valence-electron chi connectivity index (χ1n) is 5.98. The zero-order valence-corrected chi connectivity index (χ0v) is 11.8. The van der Waals surface area contributed by atoms with Crippen molar-refractivity contribution < 1.29 is 13.3 Å². The molecule has 112 valence electrons. The van der Waals surface area contributed by atoms with Crippen LogP contribution in [0.3, 0.4) is 0 Å². The number of nitrogens with zero attached hydrogens (tertiary/aromatic N) is 2. The van der Waals surface area contributed by atoms with Gasteiger partial charge in [0.1, 0.15) is 4.90 Å². The molecular formula is C11H13N5O4S. The average molecular weight is 311 g/mol. The van der Waals surface area contributed by atoms with Crippen LogP contribution in [0.25, 0.3) is 0 Å². The summed E-state index contributed by atoms with van der Waals surface area (Å²) in [6, 6.07) is 3.63. The Morgan fingerprint density at radius 1 is 1.43 bits per heavy atom. The minimum atomic E-state index is -3.97. The maximum Gasteiger partial charge on any atom is 0.270 e. The van der Waals surface area contributed by atoms with Gasteiger partial charge in [0.15, 0.2) is 0 Å². The molecule has 2 rings (SSSR count). The fraction of sp³-hybridized carbons (Fsp3) is 0.182. The molecule has 0 bridgehead atoms. The number of hydrogen-bond donors (Lipinski definition) is 3. The number of rotatable bonds is 6. The fourth-order valence-corrected chi connectivity index (χ4v) is 2.94. The first-order valence-corrected chi connectivity index (χ1v) is 7.46. The number of benzene rings is 1. The van der Waals surface area contributed by atoms with Crippen LogP contribution in [-0.2, 0) is 10.0 Å². The number of H-pyrrole nitrogens is 1. The van der Waals surface area contributed by atoms with Gasteiger partial charge < -0.3 is 5.32 Å². The summed E-state index contributed by atoms with van der Waals surface area (Å²) in [4.78, 5) is 9.98. The first kappa shape index (κ1) is 14.8. The summed E-state index contributed by atoms with van der Waals surface area (Å²) in [6.45, 7) is 2.27. The lowest BCUT2D eigenvalue weighted by molar-refractivity contribution is -0.385. The van der Waals surface area contributed by atoms with E-state index in [0.717, 1.165) is 6.07 Å². The third kappa shape index (κ3) is 3.28. The molecule has 0 saturated carbocycles. The first-order chi connectivity index (χ1) is 9.94. The van der Waals surface area contributed by atoms with E-state index in [0.29, 0.717) is 12.2 Å². The highest BCUT2D eigenvalue weighted by Gasteiger charge is 2.22. The van der Waals surface area contributed by atoms with Gasteiger partial charge in [-0.3, -0.25) is 19.9 Å². The number of sulfonamides is 1. The summed E-state index contributed by atoms with van der Waals surface area (Å²) >= 11 is 0. The molecule has 9 nitrogen and oxygen atoms in total. The molecule has 0 aliphatic heterocycles. The van der Waals surface area contributed by atoms with Crippen molar-refractivity contribution in [3.05, 3.63) is 40.7 Å². The molecule has 0 atom stereocenters. The standard InChI is InChI=1S/C11H13N5O4S/c1-2-12-10-4-3-9(16(17)18)5-11(10)21(19,20)15-8-6-13-14-7-8/h3-7,12,15H,2H2,1H3,(H,13,14). The van der Waals surface area contributed by atoms with E-state index in [1.165, 1.54) is 24.5 Å². The SMILES string of the molecule is CCNc1ccc([N+](=O)[O-])cc1S(=O)(=O)Nc1cn[nH]c1.